The van der Waals surface area contributed by atoms with Crippen LogP contribution in [0.15, 0.2) is 36.4 Å². The van der Waals surface area contributed by atoms with Crippen LogP contribution in [-0.4, -0.2) is 25.0 Å². The van der Waals surface area contributed by atoms with Crippen molar-refractivity contribution in [3.63, 3.8) is 0 Å². The van der Waals surface area contributed by atoms with Crippen LogP contribution in [0.2, 0.25) is 0 Å². The van der Waals surface area contributed by atoms with E-state index in [0.29, 0.717) is 4.88 Å². The van der Waals surface area contributed by atoms with E-state index in [1.807, 2.05) is 30.3 Å². The Morgan fingerprint density at radius 2 is 1.80 bits per heavy atom. The van der Waals surface area contributed by atoms with Crippen LogP contribution in [0, 0.1) is 0 Å². The average Bonchev–Trinajstić information content (AvgIpc) is 2.93. The fraction of sp³-hybridized carbons (Fsp3) is 0.200. The largest absolute Gasteiger partial charge is 0.342 e. The quantitative estimate of drug-likeness (QED) is 0.814. The number of rotatable bonds is 3. The first-order valence-electron chi connectivity index (χ1n) is 6.11. The maximum atomic E-state index is 12.1. The van der Waals surface area contributed by atoms with Gasteiger partial charge >= 0.3 is 0 Å². The normalized spacial score (nSPS) is 16.2. The van der Waals surface area contributed by atoms with E-state index in [1.165, 1.54) is 31.6 Å². The van der Waals surface area contributed by atoms with Crippen molar-refractivity contribution in [2.45, 2.75) is 5.79 Å². The summed E-state index contributed by atoms with van der Waals surface area (Å²) < 4.78 is 10.7. The third kappa shape index (κ3) is 1.83. The van der Waals surface area contributed by atoms with E-state index < -0.39 is 5.79 Å². The summed E-state index contributed by atoms with van der Waals surface area (Å²) in [5, 5.41) is 0.841. The van der Waals surface area contributed by atoms with Gasteiger partial charge in [0, 0.05) is 19.8 Å². The Labute approximate surface area is 120 Å². The molecule has 3 rings (SSSR count). The fourth-order valence-corrected chi connectivity index (χ4v) is 3.44. The van der Waals surface area contributed by atoms with Crippen molar-refractivity contribution >= 4 is 23.2 Å². The second kappa shape index (κ2) is 4.94. The van der Waals surface area contributed by atoms with E-state index in [0.717, 1.165) is 16.3 Å². The molecule has 0 spiro atoms. The lowest BCUT2D eigenvalue weighted by Crippen LogP contribution is -2.40. The summed E-state index contributed by atoms with van der Waals surface area (Å²) in [5.74, 6) is -1.59. The minimum absolute atomic E-state index is 0.224. The van der Waals surface area contributed by atoms with Crippen molar-refractivity contribution in [2.24, 2.45) is 0 Å². The van der Waals surface area contributed by atoms with Gasteiger partial charge in [-0.05, 0) is 12.2 Å². The number of fused-ring (bicyclic) bond motifs is 1. The highest BCUT2D eigenvalue weighted by Crippen LogP contribution is 2.41. The summed E-state index contributed by atoms with van der Waals surface area (Å²) in [6.07, 6.45) is 3.15. The maximum Gasteiger partial charge on any atom is 0.271 e. The van der Waals surface area contributed by atoms with Gasteiger partial charge in [0.25, 0.3) is 5.79 Å². The Balaban J connectivity index is 2.16. The fourth-order valence-electron chi connectivity index (χ4n) is 2.23. The van der Waals surface area contributed by atoms with Crippen molar-refractivity contribution in [2.75, 3.05) is 14.2 Å². The number of nitrogens with zero attached hydrogens (tertiary/aromatic N) is 1. The molecule has 0 aliphatic heterocycles. The molecule has 0 bridgehead atoms. The first-order valence-corrected chi connectivity index (χ1v) is 6.92. The number of benzene rings is 1. The number of hydrogen-bond acceptors (Lipinski definition) is 5. The molecule has 0 atom stereocenters. The Kier molecular flexibility index (Phi) is 3.25. The predicted octanol–water partition coefficient (Wildman–Crippen LogP) is 2.85. The third-order valence-electron chi connectivity index (χ3n) is 3.26. The zero-order valence-corrected chi connectivity index (χ0v) is 11.9. The molecule has 0 fully saturated rings. The molecule has 0 saturated carbocycles. The average molecular weight is 287 g/mol. The molecule has 102 valence electrons. The zero-order chi connectivity index (χ0) is 14.2. The molecule has 4 nitrogen and oxygen atoms in total. The van der Waals surface area contributed by atoms with Gasteiger partial charge in [-0.3, -0.25) is 4.79 Å². The van der Waals surface area contributed by atoms with Gasteiger partial charge in [0.15, 0.2) is 0 Å². The van der Waals surface area contributed by atoms with Crippen LogP contribution in [0.5, 0.6) is 0 Å². The molecule has 0 unspecified atom stereocenters. The highest BCUT2D eigenvalue weighted by molar-refractivity contribution is 7.15. The molecule has 0 N–H and O–H groups in total. The topological polar surface area (TPSA) is 48.4 Å². The van der Waals surface area contributed by atoms with Crippen LogP contribution in [-0.2, 0) is 20.1 Å². The molecule has 20 heavy (non-hydrogen) atoms. The monoisotopic (exact) mass is 287 g/mol. The number of methoxy groups -OCH3 is 2. The minimum Gasteiger partial charge on any atom is -0.342 e. The Bertz CT molecular complexity index is 672. The lowest BCUT2D eigenvalue weighted by Gasteiger charge is -2.29. The van der Waals surface area contributed by atoms with E-state index in [2.05, 4.69) is 4.98 Å². The van der Waals surface area contributed by atoms with E-state index in [1.54, 1.807) is 6.08 Å². The summed E-state index contributed by atoms with van der Waals surface area (Å²) in [5.41, 5.74) is 1.73. The molecule has 1 aromatic carbocycles. The molecule has 5 heteroatoms. The van der Waals surface area contributed by atoms with Crippen LogP contribution in [0.25, 0.3) is 16.6 Å². The summed E-state index contributed by atoms with van der Waals surface area (Å²) in [6.45, 7) is 0. The predicted molar refractivity (Wildman–Crippen MR) is 77.3 cm³/mol. The van der Waals surface area contributed by atoms with Gasteiger partial charge in [-0.1, -0.05) is 30.3 Å². The first kappa shape index (κ1) is 13.2. The van der Waals surface area contributed by atoms with E-state index >= 15 is 0 Å². The summed E-state index contributed by atoms with van der Waals surface area (Å²) in [6, 6.07) is 9.83. The number of ether oxygens (including phenoxy) is 2. The molecule has 1 aliphatic rings. The second-order valence-corrected chi connectivity index (χ2v) is 5.32. The van der Waals surface area contributed by atoms with Crippen LogP contribution >= 0.6 is 11.3 Å². The van der Waals surface area contributed by atoms with Crippen molar-refractivity contribution in [1.29, 1.82) is 0 Å². The molecule has 0 amide bonds. The van der Waals surface area contributed by atoms with Crippen molar-refractivity contribution in [1.82, 2.24) is 4.98 Å². The van der Waals surface area contributed by atoms with Gasteiger partial charge in [-0.25, -0.2) is 4.98 Å². The van der Waals surface area contributed by atoms with Crippen molar-refractivity contribution in [3.05, 3.63) is 47.0 Å². The Hall–Kier alpha value is -1.82. The Morgan fingerprint density at radius 3 is 2.45 bits per heavy atom. The van der Waals surface area contributed by atoms with E-state index in [4.69, 9.17) is 9.47 Å². The van der Waals surface area contributed by atoms with Crippen LogP contribution < -0.4 is 0 Å². The SMILES string of the molecule is COC1(OC)C(=O)C=Cc2nc(-c3ccccc3)sc21. The van der Waals surface area contributed by atoms with E-state index in [9.17, 15) is 4.79 Å². The number of carbonyl (C=O) groups is 1. The number of aromatic nitrogens is 1. The standard InChI is InChI=1S/C15H13NO3S/c1-18-15(19-2)12(17)9-8-11-13(15)20-14(16-11)10-6-4-3-5-7-10/h3-9H,1-2H3. The number of carbonyl (C=O) groups excluding carboxylic acids is 1. The van der Waals surface area contributed by atoms with Crippen molar-refractivity contribution < 1.29 is 14.3 Å². The van der Waals surface area contributed by atoms with Gasteiger partial charge < -0.3 is 9.47 Å². The van der Waals surface area contributed by atoms with Crippen molar-refractivity contribution in [3.8, 4) is 10.6 Å². The highest BCUT2D eigenvalue weighted by Gasteiger charge is 2.45. The second-order valence-electron chi connectivity index (χ2n) is 4.32. The molecule has 1 heterocycles. The molecular formula is C15H13NO3S. The van der Waals surface area contributed by atoms with Gasteiger partial charge in [0.2, 0.25) is 5.78 Å². The summed E-state index contributed by atoms with van der Waals surface area (Å²) >= 11 is 1.42. The van der Waals surface area contributed by atoms with Gasteiger partial charge in [-0.15, -0.1) is 11.3 Å². The Morgan fingerprint density at radius 1 is 1.10 bits per heavy atom. The molecule has 0 radical (unpaired) electrons. The zero-order valence-electron chi connectivity index (χ0n) is 11.1. The maximum absolute atomic E-state index is 12.1. The summed E-state index contributed by atoms with van der Waals surface area (Å²) in [7, 11) is 2.93. The van der Waals surface area contributed by atoms with Crippen LogP contribution in [0.3, 0.4) is 0 Å². The molecule has 0 saturated heterocycles. The smallest absolute Gasteiger partial charge is 0.271 e. The molecule has 2 aromatic rings. The van der Waals surface area contributed by atoms with Gasteiger partial charge in [-0.2, -0.15) is 0 Å². The third-order valence-corrected chi connectivity index (χ3v) is 4.47. The molecule has 1 aliphatic carbocycles. The molecule has 1 aromatic heterocycles. The van der Waals surface area contributed by atoms with Gasteiger partial charge in [0.05, 0.1) is 10.6 Å². The lowest BCUT2D eigenvalue weighted by molar-refractivity contribution is -0.207. The number of hydrogen-bond donors (Lipinski definition) is 0. The van der Waals surface area contributed by atoms with E-state index in [-0.39, 0.29) is 5.78 Å². The minimum atomic E-state index is -1.37. The highest BCUT2D eigenvalue weighted by atomic mass is 32.1. The number of thiazole rings is 1. The van der Waals surface area contributed by atoms with Crippen LogP contribution in [0.1, 0.15) is 10.6 Å². The first-order chi connectivity index (χ1) is 9.71. The lowest BCUT2D eigenvalue weighted by atomic mass is 10.0. The van der Waals surface area contributed by atoms with Crippen LogP contribution in [0.4, 0.5) is 0 Å². The van der Waals surface area contributed by atoms with Gasteiger partial charge in [0.1, 0.15) is 5.01 Å². The number of ketones is 1. The molecular weight excluding hydrogens is 274 g/mol. The summed E-state index contributed by atoms with van der Waals surface area (Å²) in [4.78, 5) is 17.4.